The first kappa shape index (κ1) is 19.4. The third-order valence-corrected chi connectivity index (χ3v) is 4.24. The largest absolute Gasteiger partial charge is 0.435 e. The molecule has 0 unspecified atom stereocenters. The molecular weight excluding hydrogens is 404 g/mol. The van der Waals surface area contributed by atoms with Crippen molar-refractivity contribution >= 4 is 22.6 Å². The fourth-order valence-corrected chi connectivity index (χ4v) is 2.76. The average Bonchev–Trinajstić information content (AvgIpc) is 3.08. The number of fused-ring (bicyclic) bond motifs is 1. The van der Waals surface area contributed by atoms with Gasteiger partial charge in [-0.15, -0.1) is 0 Å². The lowest BCUT2D eigenvalue weighted by Crippen LogP contribution is -2.14. The maximum atomic E-state index is 13.0. The molecule has 0 aliphatic carbocycles. The Morgan fingerprint density at radius 2 is 1.77 bits per heavy atom. The van der Waals surface area contributed by atoms with E-state index in [1.807, 2.05) is 0 Å². The van der Waals surface area contributed by atoms with E-state index in [0.29, 0.717) is 22.3 Å². The quantitative estimate of drug-likeness (QED) is 0.513. The zero-order valence-electron chi connectivity index (χ0n) is 15.3. The van der Waals surface area contributed by atoms with Gasteiger partial charge in [0, 0.05) is 35.8 Å². The van der Waals surface area contributed by atoms with Crippen molar-refractivity contribution in [3.05, 3.63) is 66.0 Å². The van der Waals surface area contributed by atoms with Gasteiger partial charge in [-0.05, 0) is 18.2 Å². The minimum Gasteiger partial charge on any atom is -0.307 e. The first-order chi connectivity index (χ1) is 14.2. The number of alkyl halides is 3. The van der Waals surface area contributed by atoms with Gasteiger partial charge >= 0.3 is 6.18 Å². The van der Waals surface area contributed by atoms with Crippen LogP contribution >= 0.6 is 0 Å². The van der Waals surface area contributed by atoms with Crippen molar-refractivity contribution in [2.24, 2.45) is 7.05 Å². The molecule has 11 heteroatoms. The Hall–Kier alpha value is -3.89. The lowest BCUT2D eigenvalue weighted by atomic mass is 10.1. The number of rotatable bonds is 3. The van der Waals surface area contributed by atoms with Crippen LogP contribution < -0.4 is 5.32 Å². The SMILES string of the molecule is Cn1nc(C(F)(F)F)cc1NC(=O)c1ccc2cc(-c3ncc(F)cn3)cnc2c1. The summed E-state index contributed by atoms with van der Waals surface area (Å²) in [6.45, 7) is 0. The fourth-order valence-electron chi connectivity index (χ4n) is 2.76. The van der Waals surface area contributed by atoms with Gasteiger partial charge in [0.25, 0.3) is 5.91 Å². The van der Waals surface area contributed by atoms with Crippen LogP contribution in [-0.4, -0.2) is 30.6 Å². The van der Waals surface area contributed by atoms with Crippen LogP contribution in [0.15, 0.2) is 48.9 Å². The standard InChI is InChI=1S/C19H12F4N6O/c1-29-16(6-15(28-29)19(21,22)23)27-18(30)11-3-2-10-4-12(7-24-14(10)5-11)17-25-8-13(20)9-26-17/h2-9H,1H3,(H,27,30). The summed E-state index contributed by atoms with van der Waals surface area (Å²) in [5, 5.41) is 6.43. The van der Waals surface area contributed by atoms with Crippen LogP contribution in [0.25, 0.3) is 22.3 Å². The molecule has 0 saturated carbocycles. The van der Waals surface area contributed by atoms with Crippen LogP contribution in [0.3, 0.4) is 0 Å². The Kier molecular flexibility index (Phi) is 4.65. The van der Waals surface area contributed by atoms with Crippen LogP contribution in [-0.2, 0) is 13.2 Å². The zero-order valence-corrected chi connectivity index (χ0v) is 15.3. The Balaban J connectivity index is 1.59. The third kappa shape index (κ3) is 3.81. The van der Waals surface area contributed by atoms with E-state index in [-0.39, 0.29) is 11.4 Å². The van der Waals surface area contributed by atoms with E-state index in [0.717, 1.165) is 23.1 Å². The molecular formula is C19H12F4N6O. The molecule has 4 rings (SSSR count). The smallest absolute Gasteiger partial charge is 0.307 e. The molecule has 0 atom stereocenters. The predicted octanol–water partition coefficient (Wildman–Crippen LogP) is 3.84. The second-order valence-corrected chi connectivity index (χ2v) is 6.35. The summed E-state index contributed by atoms with van der Waals surface area (Å²) < 4.78 is 52.2. The number of amides is 1. The molecule has 3 heterocycles. The zero-order chi connectivity index (χ0) is 21.5. The first-order valence-corrected chi connectivity index (χ1v) is 8.51. The summed E-state index contributed by atoms with van der Waals surface area (Å²) in [5.41, 5.74) is 0.148. The number of carbonyl (C=O) groups excluding carboxylic acids is 1. The molecule has 7 nitrogen and oxygen atoms in total. The normalized spacial score (nSPS) is 11.6. The number of carbonyl (C=O) groups is 1. The van der Waals surface area contributed by atoms with Crippen LogP contribution in [0.5, 0.6) is 0 Å². The summed E-state index contributed by atoms with van der Waals surface area (Å²) in [5.74, 6) is -0.964. The van der Waals surface area contributed by atoms with Gasteiger partial charge in [0.05, 0.1) is 17.9 Å². The Morgan fingerprint density at radius 1 is 1.03 bits per heavy atom. The Bertz CT molecular complexity index is 1250. The van der Waals surface area contributed by atoms with E-state index >= 15 is 0 Å². The van der Waals surface area contributed by atoms with E-state index in [1.54, 1.807) is 12.1 Å². The van der Waals surface area contributed by atoms with Gasteiger partial charge in [0.1, 0.15) is 5.82 Å². The van der Waals surface area contributed by atoms with E-state index in [2.05, 4.69) is 25.4 Å². The number of halogens is 4. The number of anilines is 1. The van der Waals surface area contributed by atoms with E-state index in [1.165, 1.54) is 25.4 Å². The van der Waals surface area contributed by atoms with Crippen molar-refractivity contribution in [1.82, 2.24) is 24.7 Å². The van der Waals surface area contributed by atoms with E-state index < -0.39 is 23.6 Å². The van der Waals surface area contributed by atoms with Gasteiger partial charge in [-0.25, -0.2) is 14.4 Å². The van der Waals surface area contributed by atoms with Crippen LogP contribution in [0.4, 0.5) is 23.4 Å². The molecule has 0 aliphatic heterocycles. The molecule has 0 bridgehead atoms. The topological polar surface area (TPSA) is 85.6 Å². The minimum atomic E-state index is -4.61. The first-order valence-electron chi connectivity index (χ1n) is 8.51. The number of pyridine rings is 1. The number of nitrogens with zero attached hydrogens (tertiary/aromatic N) is 5. The number of nitrogens with one attached hydrogen (secondary N) is 1. The number of hydrogen-bond donors (Lipinski definition) is 1. The summed E-state index contributed by atoms with van der Waals surface area (Å²) in [4.78, 5) is 24.5. The molecule has 1 amide bonds. The Morgan fingerprint density at radius 3 is 2.43 bits per heavy atom. The molecule has 3 aromatic heterocycles. The van der Waals surface area contributed by atoms with Gasteiger partial charge < -0.3 is 5.32 Å². The third-order valence-electron chi connectivity index (χ3n) is 4.24. The average molecular weight is 416 g/mol. The molecule has 30 heavy (non-hydrogen) atoms. The molecule has 0 saturated heterocycles. The molecule has 152 valence electrons. The number of benzene rings is 1. The van der Waals surface area contributed by atoms with Crippen molar-refractivity contribution in [2.45, 2.75) is 6.18 Å². The van der Waals surface area contributed by atoms with E-state index in [4.69, 9.17) is 0 Å². The van der Waals surface area contributed by atoms with Crippen molar-refractivity contribution in [1.29, 1.82) is 0 Å². The van der Waals surface area contributed by atoms with Crippen molar-refractivity contribution in [3.8, 4) is 11.4 Å². The molecule has 0 aliphatic rings. The highest BCUT2D eigenvalue weighted by Crippen LogP contribution is 2.30. The van der Waals surface area contributed by atoms with E-state index in [9.17, 15) is 22.4 Å². The summed E-state index contributed by atoms with van der Waals surface area (Å²) in [7, 11) is 1.30. The summed E-state index contributed by atoms with van der Waals surface area (Å²) in [6, 6.07) is 7.13. The molecule has 4 aromatic rings. The number of hydrogen-bond acceptors (Lipinski definition) is 5. The van der Waals surface area contributed by atoms with Crippen LogP contribution in [0, 0.1) is 5.82 Å². The fraction of sp³-hybridized carbons (Fsp3) is 0.105. The highest BCUT2D eigenvalue weighted by Gasteiger charge is 2.34. The van der Waals surface area contributed by atoms with Crippen LogP contribution in [0.1, 0.15) is 16.1 Å². The van der Waals surface area contributed by atoms with Crippen molar-refractivity contribution in [3.63, 3.8) is 0 Å². The van der Waals surface area contributed by atoms with Crippen molar-refractivity contribution < 1.29 is 22.4 Å². The maximum absolute atomic E-state index is 13.0. The minimum absolute atomic E-state index is 0.0933. The monoisotopic (exact) mass is 416 g/mol. The van der Waals surface area contributed by atoms with Gasteiger partial charge in [-0.3, -0.25) is 14.5 Å². The molecule has 1 N–H and O–H groups in total. The van der Waals surface area contributed by atoms with Crippen LogP contribution in [0.2, 0.25) is 0 Å². The second-order valence-electron chi connectivity index (χ2n) is 6.35. The molecule has 1 aromatic carbocycles. The second kappa shape index (κ2) is 7.17. The van der Waals surface area contributed by atoms with Gasteiger partial charge in [0.15, 0.2) is 17.3 Å². The lowest BCUT2D eigenvalue weighted by molar-refractivity contribution is -0.141. The van der Waals surface area contributed by atoms with Gasteiger partial charge in [-0.1, -0.05) is 6.07 Å². The lowest BCUT2D eigenvalue weighted by Gasteiger charge is -2.07. The Labute approximate surface area is 166 Å². The van der Waals surface area contributed by atoms with Gasteiger partial charge in [0.2, 0.25) is 0 Å². The number of aromatic nitrogens is 5. The summed E-state index contributed by atoms with van der Waals surface area (Å²) >= 11 is 0. The number of aryl methyl sites for hydroxylation is 1. The van der Waals surface area contributed by atoms with Gasteiger partial charge in [-0.2, -0.15) is 18.3 Å². The summed E-state index contributed by atoms with van der Waals surface area (Å²) in [6.07, 6.45) is -1.04. The molecule has 0 spiro atoms. The molecule has 0 fully saturated rings. The predicted molar refractivity (Wildman–Crippen MR) is 98.9 cm³/mol. The highest BCUT2D eigenvalue weighted by molar-refractivity contribution is 6.05. The highest BCUT2D eigenvalue weighted by atomic mass is 19.4. The van der Waals surface area contributed by atoms with Crippen molar-refractivity contribution in [2.75, 3.05) is 5.32 Å². The maximum Gasteiger partial charge on any atom is 0.435 e. The molecule has 0 radical (unpaired) electrons.